The smallest absolute Gasteiger partial charge is 0.231 e. The molecule has 8 heteroatoms. The minimum atomic E-state index is 0. The third-order valence-corrected chi connectivity index (χ3v) is 5.67. The standard InChI is InChI=1S/C19H24N4O2S.HI/c1-20-19(23-10-8-22(9-11-23)18-3-2-12-26-18)21-7-6-15-4-5-16-17(13-15)25-14-24-16;/h2-5,12-13H,6-11,14H2,1H3,(H,20,21);1H. The van der Waals surface area contributed by atoms with Crippen LogP contribution in [0.5, 0.6) is 11.5 Å². The molecule has 0 bridgehead atoms. The van der Waals surface area contributed by atoms with Gasteiger partial charge in [0.05, 0.1) is 5.00 Å². The molecule has 0 radical (unpaired) electrons. The van der Waals surface area contributed by atoms with Gasteiger partial charge >= 0.3 is 0 Å². The molecule has 3 heterocycles. The highest BCUT2D eigenvalue weighted by Crippen LogP contribution is 2.32. The fraction of sp³-hybridized carbons (Fsp3) is 0.421. The highest BCUT2D eigenvalue weighted by atomic mass is 127. The molecule has 2 aromatic rings. The predicted molar refractivity (Wildman–Crippen MR) is 121 cm³/mol. The van der Waals surface area contributed by atoms with E-state index in [2.05, 4.69) is 49.8 Å². The monoisotopic (exact) mass is 500 g/mol. The van der Waals surface area contributed by atoms with Crippen molar-refractivity contribution < 1.29 is 9.47 Å². The lowest BCUT2D eigenvalue weighted by Crippen LogP contribution is -2.52. The van der Waals surface area contributed by atoms with E-state index in [0.717, 1.165) is 56.6 Å². The Kier molecular flexibility index (Phi) is 7.06. The molecule has 0 aliphatic carbocycles. The zero-order valence-corrected chi connectivity index (χ0v) is 18.5. The van der Waals surface area contributed by atoms with E-state index in [1.807, 2.05) is 24.5 Å². The van der Waals surface area contributed by atoms with Gasteiger partial charge in [-0.3, -0.25) is 4.99 Å². The molecule has 0 spiro atoms. The number of nitrogens with zero attached hydrogens (tertiary/aromatic N) is 3. The Morgan fingerprint density at radius 2 is 1.96 bits per heavy atom. The van der Waals surface area contributed by atoms with Crippen LogP contribution < -0.4 is 19.7 Å². The average Bonchev–Trinajstić information content (AvgIpc) is 3.37. The Balaban J connectivity index is 0.00000210. The third kappa shape index (κ3) is 4.78. The molecule has 0 atom stereocenters. The second kappa shape index (κ2) is 9.50. The molecule has 2 aliphatic rings. The lowest BCUT2D eigenvalue weighted by Gasteiger charge is -2.37. The molecule has 1 N–H and O–H groups in total. The normalized spacial score (nSPS) is 16.3. The molecule has 0 unspecified atom stereocenters. The van der Waals surface area contributed by atoms with Gasteiger partial charge in [-0.05, 0) is 41.6 Å². The fourth-order valence-electron chi connectivity index (χ4n) is 3.34. The van der Waals surface area contributed by atoms with Crippen molar-refractivity contribution in [1.82, 2.24) is 10.2 Å². The summed E-state index contributed by atoms with van der Waals surface area (Å²) in [6.45, 7) is 5.20. The largest absolute Gasteiger partial charge is 0.454 e. The lowest BCUT2D eigenvalue weighted by molar-refractivity contribution is 0.174. The number of piperazine rings is 1. The Morgan fingerprint density at radius 1 is 1.15 bits per heavy atom. The summed E-state index contributed by atoms with van der Waals surface area (Å²) in [6.07, 6.45) is 0.921. The van der Waals surface area contributed by atoms with Gasteiger partial charge in [-0.25, -0.2) is 0 Å². The van der Waals surface area contributed by atoms with Crippen LogP contribution in [0.1, 0.15) is 5.56 Å². The maximum absolute atomic E-state index is 5.45. The van der Waals surface area contributed by atoms with Crippen LogP contribution in [0.4, 0.5) is 5.00 Å². The van der Waals surface area contributed by atoms with E-state index >= 15 is 0 Å². The second-order valence-electron chi connectivity index (χ2n) is 6.34. The van der Waals surface area contributed by atoms with E-state index in [0.29, 0.717) is 6.79 Å². The van der Waals surface area contributed by atoms with Gasteiger partial charge in [0, 0.05) is 39.8 Å². The predicted octanol–water partition coefficient (Wildman–Crippen LogP) is 3.03. The van der Waals surface area contributed by atoms with Crippen LogP contribution in [-0.2, 0) is 6.42 Å². The van der Waals surface area contributed by atoms with Crippen LogP contribution in [0.3, 0.4) is 0 Å². The summed E-state index contributed by atoms with van der Waals surface area (Å²) in [7, 11) is 1.86. The first-order valence-corrected chi connectivity index (χ1v) is 9.84. The van der Waals surface area contributed by atoms with E-state index in [1.54, 1.807) is 0 Å². The van der Waals surface area contributed by atoms with E-state index < -0.39 is 0 Å². The number of benzene rings is 1. The molecule has 146 valence electrons. The number of hydrogen-bond donors (Lipinski definition) is 1. The van der Waals surface area contributed by atoms with Gasteiger partial charge in [0.25, 0.3) is 0 Å². The molecule has 1 saturated heterocycles. The van der Waals surface area contributed by atoms with Crippen molar-refractivity contribution in [2.75, 3.05) is 51.5 Å². The summed E-state index contributed by atoms with van der Waals surface area (Å²) < 4.78 is 10.8. The number of fused-ring (bicyclic) bond motifs is 1. The summed E-state index contributed by atoms with van der Waals surface area (Å²) in [5.41, 5.74) is 1.24. The molecule has 0 amide bonds. The second-order valence-corrected chi connectivity index (χ2v) is 7.26. The van der Waals surface area contributed by atoms with Crippen molar-refractivity contribution in [3.63, 3.8) is 0 Å². The number of aliphatic imine (C=N–C) groups is 1. The Bertz CT molecular complexity index is 761. The molecular weight excluding hydrogens is 475 g/mol. The van der Waals surface area contributed by atoms with Crippen LogP contribution in [0.15, 0.2) is 40.7 Å². The number of thiophene rings is 1. The third-order valence-electron chi connectivity index (χ3n) is 4.74. The molecular formula is C19H25IN4O2S. The van der Waals surface area contributed by atoms with E-state index in [4.69, 9.17) is 9.47 Å². The van der Waals surface area contributed by atoms with Crippen molar-refractivity contribution in [3.8, 4) is 11.5 Å². The zero-order chi connectivity index (χ0) is 17.8. The maximum Gasteiger partial charge on any atom is 0.231 e. The average molecular weight is 500 g/mol. The van der Waals surface area contributed by atoms with Crippen molar-refractivity contribution in [2.24, 2.45) is 4.99 Å². The Labute approximate surface area is 181 Å². The van der Waals surface area contributed by atoms with Gasteiger partial charge in [-0.2, -0.15) is 0 Å². The van der Waals surface area contributed by atoms with E-state index in [1.165, 1.54) is 10.6 Å². The minimum Gasteiger partial charge on any atom is -0.454 e. The molecule has 1 aromatic heterocycles. The van der Waals surface area contributed by atoms with Gasteiger partial charge in [-0.15, -0.1) is 35.3 Å². The summed E-state index contributed by atoms with van der Waals surface area (Å²) in [5, 5.41) is 6.99. The lowest BCUT2D eigenvalue weighted by atomic mass is 10.1. The molecule has 6 nitrogen and oxygen atoms in total. The van der Waals surface area contributed by atoms with Crippen molar-refractivity contribution in [1.29, 1.82) is 0 Å². The quantitative estimate of drug-likeness (QED) is 0.398. The molecule has 4 rings (SSSR count). The number of guanidine groups is 1. The number of nitrogens with one attached hydrogen (secondary N) is 1. The van der Waals surface area contributed by atoms with E-state index in [-0.39, 0.29) is 24.0 Å². The van der Waals surface area contributed by atoms with Gasteiger partial charge in [0.1, 0.15) is 0 Å². The highest BCUT2D eigenvalue weighted by molar-refractivity contribution is 14.0. The number of rotatable bonds is 4. The van der Waals surface area contributed by atoms with Gasteiger partial charge in [-0.1, -0.05) is 6.07 Å². The summed E-state index contributed by atoms with van der Waals surface area (Å²) in [4.78, 5) is 9.24. The summed E-state index contributed by atoms with van der Waals surface area (Å²) in [5.74, 6) is 2.66. The molecule has 27 heavy (non-hydrogen) atoms. The first kappa shape index (κ1) is 20.1. The molecule has 1 aromatic carbocycles. The van der Waals surface area contributed by atoms with Crippen LogP contribution in [-0.4, -0.2) is 57.4 Å². The number of ether oxygens (including phenoxy) is 2. The minimum absolute atomic E-state index is 0. The maximum atomic E-state index is 5.45. The van der Waals surface area contributed by atoms with Crippen molar-refractivity contribution >= 4 is 46.3 Å². The van der Waals surface area contributed by atoms with Gasteiger partial charge in [0.2, 0.25) is 6.79 Å². The topological polar surface area (TPSA) is 49.3 Å². The first-order chi connectivity index (χ1) is 12.8. The summed E-state index contributed by atoms with van der Waals surface area (Å²) >= 11 is 1.81. The van der Waals surface area contributed by atoms with Gasteiger partial charge < -0.3 is 24.6 Å². The van der Waals surface area contributed by atoms with Gasteiger partial charge in [0.15, 0.2) is 17.5 Å². The van der Waals surface area contributed by atoms with Crippen LogP contribution in [0.25, 0.3) is 0 Å². The van der Waals surface area contributed by atoms with Crippen molar-refractivity contribution in [3.05, 3.63) is 41.3 Å². The van der Waals surface area contributed by atoms with Crippen molar-refractivity contribution in [2.45, 2.75) is 6.42 Å². The molecule has 0 saturated carbocycles. The first-order valence-electron chi connectivity index (χ1n) is 8.96. The highest BCUT2D eigenvalue weighted by Gasteiger charge is 2.20. The van der Waals surface area contributed by atoms with E-state index in [9.17, 15) is 0 Å². The SMILES string of the molecule is CN=C(NCCc1ccc2c(c1)OCO2)N1CCN(c2cccs2)CC1.I. The molecule has 2 aliphatic heterocycles. The molecule has 1 fully saturated rings. The Morgan fingerprint density at radius 3 is 2.70 bits per heavy atom. The summed E-state index contributed by atoms with van der Waals surface area (Å²) in [6, 6.07) is 10.4. The van der Waals surface area contributed by atoms with Crippen LogP contribution in [0.2, 0.25) is 0 Å². The zero-order valence-electron chi connectivity index (χ0n) is 15.4. The number of hydrogen-bond acceptors (Lipinski definition) is 5. The number of halogens is 1. The number of anilines is 1. The Hall–Kier alpha value is -1.68. The van der Waals surface area contributed by atoms with Crippen LogP contribution >= 0.6 is 35.3 Å². The fourth-order valence-corrected chi connectivity index (χ4v) is 4.12. The van der Waals surface area contributed by atoms with Crippen LogP contribution in [0, 0.1) is 0 Å².